The van der Waals surface area contributed by atoms with Gasteiger partial charge >= 0.3 is 0 Å². The van der Waals surface area contributed by atoms with Gasteiger partial charge in [-0.25, -0.2) is 0 Å². The standard InChI is InChI=1S/C14H28N2O/c1-2-17-14-7-10-16(11-8-14)12-9-15-13-5-3-4-6-13/h13-15H,2-12H2,1H3. The van der Waals surface area contributed by atoms with Crippen molar-refractivity contribution in [3.63, 3.8) is 0 Å². The van der Waals surface area contributed by atoms with Crippen molar-refractivity contribution in [3.8, 4) is 0 Å². The summed E-state index contributed by atoms with van der Waals surface area (Å²) in [5, 5.41) is 3.69. The topological polar surface area (TPSA) is 24.5 Å². The average Bonchev–Trinajstić information content (AvgIpc) is 2.85. The van der Waals surface area contributed by atoms with Crippen molar-refractivity contribution in [1.29, 1.82) is 0 Å². The van der Waals surface area contributed by atoms with Crippen LogP contribution in [-0.4, -0.2) is 49.8 Å². The van der Waals surface area contributed by atoms with E-state index in [0.717, 1.165) is 12.6 Å². The molecule has 0 amide bonds. The minimum Gasteiger partial charge on any atom is -0.378 e. The van der Waals surface area contributed by atoms with Crippen molar-refractivity contribution in [3.05, 3.63) is 0 Å². The Balaban J connectivity index is 1.52. The molecular weight excluding hydrogens is 212 g/mol. The fraction of sp³-hybridized carbons (Fsp3) is 1.00. The molecule has 0 atom stereocenters. The van der Waals surface area contributed by atoms with Crippen molar-refractivity contribution in [1.82, 2.24) is 10.2 Å². The van der Waals surface area contributed by atoms with E-state index in [1.807, 2.05) is 0 Å². The van der Waals surface area contributed by atoms with E-state index in [1.165, 1.54) is 64.7 Å². The zero-order chi connectivity index (χ0) is 11.9. The Morgan fingerprint density at radius 1 is 1.12 bits per heavy atom. The van der Waals surface area contributed by atoms with Gasteiger partial charge in [-0.05, 0) is 32.6 Å². The molecule has 1 aliphatic heterocycles. The summed E-state index contributed by atoms with van der Waals surface area (Å²) in [5.74, 6) is 0. The van der Waals surface area contributed by atoms with Crippen LogP contribution in [-0.2, 0) is 4.74 Å². The van der Waals surface area contributed by atoms with E-state index >= 15 is 0 Å². The first kappa shape index (κ1) is 13.3. The SMILES string of the molecule is CCOC1CCN(CCNC2CCCC2)CC1. The highest BCUT2D eigenvalue weighted by molar-refractivity contribution is 4.76. The van der Waals surface area contributed by atoms with Crippen molar-refractivity contribution in [2.24, 2.45) is 0 Å². The lowest BCUT2D eigenvalue weighted by atomic mass is 10.1. The van der Waals surface area contributed by atoms with Crippen LogP contribution in [0.25, 0.3) is 0 Å². The first-order chi connectivity index (χ1) is 8.38. The van der Waals surface area contributed by atoms with Crippen LogP contribution in [0.1, 0.15) is 45.4 Å². The van der Waals surface area contributed by atoms with E-state index in [0.29, 0.717) is 6.10 Å². The summed E-state index contributed by atoms with van der Waals surface area (Å²) >= 11 is 0. The number of ether oxygens (including phenoxy) is 1. The van der Waals surface area contributed by atoms with E-state index in [4.69, 9.17) is 4.74 Å². The van der Waals surface area contributed by atoms with E-state index < -0.39 is 0 Å². The highest BCUT2D eigenvalue weighted by Gasteiger charge is 2.19. The van der Waals surface area contributed by atoms with Gasteiger partial charge in [0.2, 0.25) is 0 Å². The molecular formula is C14H28N2O. The zero-order valence-corrected chi connectivity index (χ0v) is 11.3. The summed E-state index contributed by atoms with van der Waals surface area (Å²) in [4.78, 5) is 2.58. The van der Waals surface area contributed by atoms with Crippen molar-refractivity contribution in [2.75, 3.05) is 32.8 Å². The number of likely N-dealkylation sites (tertiary alicyclic amines) is 1. The maximum atomic E-state index is 5.67. The average molecular weight is 240 g/mol. The normalized spacial score (nSPS) is 24.5. The number of hydrogen-bond acceptors (Lipinski definition) is 3. The van der Waals surface area contributed by atoms with Crippen LogP contribution >= 0.6 is 0 Å². The van der Waals surface area contributed by atoms with Gasteiger partial charge in [0.05, 0.1) is 6.10 Å². The molecule has 0 unspecified atom stereocenters. The summed E-state index contributed by atoms with van der Waals surface area (Å²) < 4.78 is 5.67. The summed E-state index contributed by atoms with van der Waals surface area (Å²) in [5.41, 5.74) is 0. The molecule has 0 bridgehead atoms. The van der Waals surface area contributed by atoms with Gasteiger partial charge in [-0.3, -0.25) is 0 Å². The molecule has 3 nitrogen and oxygen atoms in total. The van der Waals surface area contributed by atoms with Crippen LogP contribution in [0, 0.1) is 0 Å². The first-order valence-electron chi connectivity index (χ1n) is 7.46. The number of nitrogens with one attached hydrogen (secondary N) is 1. The fourth-order valence-electron chi connectivity index (χ4n) is 3.09. The maximum absolute atomic E-state index is 5.67. The third kappa shape index (κ3) is 4.57. The Kier molecular flexibility index (Phi) is 5.75. The molecule has 2 rings (SSSR count). The van der Waals surface area contributed by atoms with Gasteiger partial charge in [-0.2, -0.15) is 0 Å². The van der Waals surface area contributed by atoms with Crippen LogP contribution in [0.3, 0.4) is 0 Å². The van der Waals surface area contributed by atoms with Crippen LogP contribution in [0.5, 0.6) is 0 Å². The maximum Gasteiger partial charge on any atom is 0.0599 e. The Bertz CT molecular complexity index is 196. The third-order valence-electron chi connectivity index (χ3n) is 4.15. The molecule has 0 aromatic heterocycles. The molecule has 1 saturated heterocycles. The number of nitrogens with zero attached hydrogens (tertiary/aromatic N) is 1. The lowest BCUT2D eigenvalue weighted by Crippen LogP contribution is -2.41. The monoisotopic (exact) mass is 240 g/mol. The van der Waals surface area contributed by atoms with Crippen molar-refractivity contribution in [2.45, 2.75) is 57.6 Å². The van der Waals surface area contributed by atoms with Gasteiger partial charge in [0.25, 0.3) is 0 Å². The second-order valence-corrected chi connectivity index (χ2v) is 5.43. The Morgan fingerprint density at radius 3 is 2.47 bits per heavy atom. The van der Waals surface area contributed by atoms with E-state index in [9.17, 15) is 0 Å². The molecule has 3 heteroatoms. The molecule has 17 heavy (non-hydrogen) atoms. The van der Waals surface area contributed by atoms with Gasteiger partial charge in [0.15, 0.2) is 0 Å². The highest BCUT2D eigenvalue weighted by Crippen LogP contribution is 2.17. The lowest BCUT2D eigenvalue weighted by Gasteiger charge is -2.32. The quantitative estimate of drug-likeness (QED) is 0.769. The second kappa shape index (κ2) is 7.34. The third-order valence-corrected chi connectivity index (χ3v) is 4.15. The van der Waals surface area contributed by atoms with Gasteiger partial charge in [-0.15, -0.1) is 0 Å². The second-order valence-electron chi connectivity index (χ2n) is 5.43. The van der Waals surface area contributed by atoms with Crippen LogP contribution in [0.15, 0.2) is 0 Å². The summed E-state index contributed by atoms with van der Waals surface area (Å²) in [6.07, 6.45) is 8.61. The van der Waals surface area contributed by atoms with Gasteiger partial charge < -0.3 is 15.0 Å². The number of rotatable bonds is 6. The summed E-state index contributed by atoms with van der Waals surface area (Å²) in [7, 11) is 0. The zero-order valence-electron chi connectivity index (χ0n) is 11.3. The largest absolute Gasteiger partial charge is 0.378 e. The molecule has 0 aromatic rings. The fourth-order valence-corrected chi connectivity index (χ4v) is 3.09. The molecule has 1 aliphatic carbocycles. The summed E-state index contributed by atoms with van der Waals surface area (Å²) in [6.45, 7) is 7.79. The first-order valence-corrected chi connectivity index (χ1v) is 7.46. The minimum absolute atomic E-state index is 0.527. The molecule has 0 spiro atoms. The van der Waals surface area contributed by atoms with Gasteiger partial charge in [0.1, 0.15) is 0 Å². The highest BCUT2D eigenvalue weighted by atomic mass is 16.5. The van der Waals surface area contributed by atoms with Crippen LogP contribution in [0.2, 0.25) is 0 Å². The minimum atomic E-state index is 0.527. The summed E-state index contributed by atoms with van der Waals surface area (Å²) in [6, 6.07) is 0.816. The van der Waals surface area contributed by atoms with Crippen molar-refractivity contribution >= 4 is 0 Å². The van der Waals surface area contributed by atoms with E-state index in [1.54, 1.807) is 0 Å². The Morgan fingerprint density at radius 2 is 1.82 bits per heavy atom. The molecule has 0 aromatic carbocycles. The predicted octanol–water partition coefficient (Wildman–Crippen LogP) is 2.02. The van der Waals surface area contributed by atoms with Gasteiger partial charge in [-0.1, -0.05) is 12.8 Å². The van der Waals surface area contributed by atoms with E-state index in [2.05, 4.69) is 17.1 Å². The smallest absolute Gasteiger partial charge is 0.0599 e. The molecule has 1 saturated carbocycles. The van der Waals surface area contributed by atoms with Crippen LogP contribution in [0.4, 0.5) is 0 Å². The molecule has 1 heterocycles. The predicted molar refractivity (Wildman–Crippen MR) is 71.3 cm³/mol. The molecule has 0 radical (unpaired) electrons. The molecule has 1 N–H and O–H groups in total. The van der Waals surface area contributed by atoms with Crippen molar-refractivity contribution < 1.29 is 4.74 Å². The van der Waals surface area contributed by atoms with Crippen LogP contribution < -0.4 is 5.32 Å². The number of piperidine rings is 1. The van der Waals surface area contributed by atoms with E-state index in [-0.39, 0.29) is 0 Å². The lowest BCUT2D eigenvalue weighted by molar-refractivity contribution is 0.0144. The Labute approximate surface area is 106 Å². The molecule has 2 aliphatic rings. The molecule has 100 valence electrons. The van der Waals surface area contributed by atoms with Gasteiger partial charge in [0, 0.05) is 38.8 Å². The Hall–Kier alpha value is -0.120. The molecule has 2 fully saturated rings. The number of hydrogen-bond donors (Lipinski definition) is 1.